The van der Waals surface area contributed by atoms with Gasteiger partial charge in [0.1, 0.15) is 6.61 Å². The molecule has 2 N–H and O–H groups in total. The lowest BCUT2D eigenvalue weighted by molar-refractivity contribution is 0.174. The van der Waals surface area contributed by atoms with E-state index < -0.39 is 9.84 Å². The van der Waals surface area contributed by atoms with Crippen molar-refractivity contribution in [1.29, 1.82) is 0 Å². The number of hydrogen-bond donors (Lipinski definition) is 1. The lowest BCUT2D eigenvalue weighted by Crippen LogP contribution is -2.08. The Balaban J connectivity index is 0.000000771. The highest BCUT2D eigenvalue weighted by molar-refractivity contribution is 7.90. The summed E-state index contributed by atoms with van der Waals surface area (Å²) in [7, 11) is -1.81. The summed E-state index contributed by atoms with van der Waals surface area (Å²) < 4.78 is 23.2. The van der Waals surface area contributed by atoms with Crippen molar-refractivity contribution < 1.29 is 13.3 Å². The normalized spacial score (nSPS) is 14.3. The monoisotopic (exact) mass is 290 g/mol. The van der Waals surface area contributed by atoms with E-state index in [2.05, 4.69) is 10.9 Å². The fourth-order valence-corrected chi connectivity index (χ4v) is 2.84. The summed E-state index contributed by atoms with van der Waals surface area (Å²) in [6, 6.07) is 4.78. The number of nitrogens with two attached hydrogens (primary N) is 1. The van der Waals surface area contributed by atoms with Crippen LogP contribution < -0.4 is 5.73 Å². The van der Waals surface area contributed by atoms with Crippen molar-refractivity contribution in [3.05, 3.63) is 28.8 Å². The van der Waals surface area contributed by atoms with Crippen LogP contribution in [0.1, 0.15) is 12.0 Å². The van der Waals surface area contributed by atoms with Crippen LogP contribution in [0.2, 0.25) is 5.02 Å². The van der Waals surface area contributed by atoms with E-state index in [1.807, 2.05) is 0 Å². The summed E-state index contributed by atoms with van der Waals surface area (Å²) in [4.78, 5) is 5.07. The minimum absolute atomic E-state index is 0.198. The molecule has 0 bridgehead atoms. The molecule has 1 aromatic carbocycles. The second kappa shape index (κ2) is 6.17. The van der Waals surface area contributed by atoms with Gasteiger partial charge in [-0.15, -0.1) is 0 Å². The molecular weight excluding hydrogens is 276 g/mol. The van der Waals surface area contributed by atoms with Crippen molar-refractivity contribution in [3.8, 4) is 0 Å². The Morgan fingerprint density at radius 2 is 2.06 bits per heavy atom. The van der Waals surface area contributed by atoms with Crippen LogP contribution in [0, 0.1) is 0 Å². The Kier molecular flexibility index (Phi) is 5.13. The first kappa shape index (κ1) is 14.9. The maximum atomic E-state index is 11.6. The van der Waals surface area contributed by atoms with Crippen LogP contribution in [0.15, 0.2) is 28.3 Å². The Labute approximate surface area is 111 Å². The molecule has 0 radical (unpaired) electrons. The predicted molar refractivity (Wildman–Crippen MR) is 71.8 cm³/mol. The molecule has 1 heterocycles. The fourth-order valence-electron chi connectivity index (χ4n) is 1.58. The highest BCUT2D eigenvalue weighted by atomic mass is 35.5. The van der Waals surface area contributed by atoms with Crippen LogP contribution in [0.5, 0.6) is 0 Å². The van der Waals surface area contributed by atoms with Gasteiger partial charge in [0.05, 0.1) is 15.6 Å². The van der Waals surface area contributed by atoms with Gasteiger partial charge in [0.15, 0.2) is 9.84 Å². The average Bonchev–Trinajstić information content (AvgIpc) is 2.83. The number of oxime groups is 1. The largest absolute Gasteiger partial charge is 0.395 e. The maximum Gasteiger partial charge on any atom is 0.176 e. The predicted octanol–water partition coefficient (Wildman–Crippen LogP) is 1.44. The third-order valence-electron chi connectivity index (χ3n) is 2.27. The second-order valence-corrected chi connectivity index (χ2v) is 5.90. The Morgan fingerprint density at radius 1 is 1.39 bits per heavy atom. The minimum atomic E-state index is -3.31. The van der Waals surface area contributed by atoms with Crippen LogP contribution in [0.4, 0.5) is 0 Å². The molecule has 0 saturated carbocycles. The first-order valence-corrected chi connectivity index (χ1v) is 7.52. The zero-order valence-corrected chi connectivity index (χ0v) is 11.8. The topological polar surface area (TPSA) is 81.8 Å². The van der Waals surface area contributed by atoms with Gasteiger partial charge in [-0.1, -0.05) is 22.8 Å². The summed E-state index contributed by atoms with van der Waals surface area (Å²) in [5.74, 6) is 0. The van der Waals surface area contributed by atoms with Crippen LogP contribution in [-0.4, -0.2) is 34.0 Å². The number of rotatable bonds is 2. The summed E-state index contributed by atoms with van der Waals surface area (Å²) in [5, 5.41) is 4.19. The summed E-state index contributed by atoms with van der Waals surface area (Å²) in [5.41, 5.74) is 5.55. The molecule has 1 aromatic rings. The lowest BCUT2D eigenvalue weighted by atomic mass is 10.1. The first-order chi connectivity index (χ1) is 8.50. The third-order valence-corrected chi connectivity index (χ3v) is 3.72. The van der Waals surface area contributed by atoms with Gasteiger partial charge in [0.25, 0.3) is 0 Å². The van der Waals surface area contributed by atoms with Gasteiger partial charge < -0.3 is 10.6 Å². The number of sulfone groups is 1. The minimum Gasteiger partial charge on any atom is -0.395 e. The van der Waals surface area contributed by atoms with E-state index in [0.717, 1.165) is 6.26 Å². The Bertz CT molecular complexity index is 555. The molecule has 2 rings (SSSR count). The molecule has 0 saturated heterocycles. The molecule has 0 amide bonds. The number of benzene rings is 1. The molecule has 0 aliphatic carbocycles. The summed E-state index contributed by atoms with van der Waals surface area (Å²) in [6.07, 6.45) is 1.73. The molecule has 0 spiro atoms. The number of nitrogens with zero attached hydrogens (tertiary/aromatic N) is 1. The SMILES string of the molecule is CN.CS(=O)(=O)c1cccc(Cl)c1C1=NOCC1. The standard InChI is InChI=1S/C10H10ClNO3S.CH5N/c1-16(13,14)9-4-2-3-7(11)10(9)8-5-6-15-12-8;1-2/h2-4H,5-6H2,1H3;2H2,1H3. The van der Waals surface area contributed by atoms with E-state index in [-0.39, 0.29) is 4.90 Å². The zero-order chi connectivity index (χ0) is 13.8. The molecule has 0 aromatic heterocycles. The molecule has 0 atom stereocenters. The highest BCUT2D eigenvalue weighted by Crippen LogP contribution is 2.27. The van der Waals surface area contributed by atoms with E-state index in [9.17, 15) is 8.42 Å². The van der Waals surface area contributed by atoms with Crippen molar-refractivity contribution >= 4 is 27.1 Å². The molecule has 100 valence electrons. The highest BCUT2D eigenvalue weighted by Gasteiger charge is 2.22. The quantitative estimate of drug-likeness (QED) is 0.893. The van der Waals surface area contributed by atoms with Crippen molar-refractivity contribution in [3.63, 3.8) is 0 Å². The molecular formula is C11H15ClN2O3S. The van der Waals surface area contributed by atoms with Gasteiger partial charge in [0, 0.05) is 18.2 Å². The molecule has 1 aliphatic rings. The van der Waals surface area contributed by atoms with E-state index in [1.165, 1.54) is 13.1 Å². The third kappa shape index (κ3) is 3.22. The summed E-state index contributed by atoms with van der Waals surface area (Å²) in [6.45, 7) is 0.462. The van der Waals surface area contributed by atoms with Crippen molar-refractivity contribution in [2.75, 3.05) is 19.9 Å². The van der Waals surface area contributed by atoms with Crippen molar-refractivity contribution in [2.45, 2.75) is 11.3 Å². The first-order valence-electron chi connectivity index (χ1n) is 5.25. The van der Waals surface area contributed by atoms with Crippen LogP contribution in [0.3, 0.4) is 0 Å². The summed E-state index contributed by atoms with van der Waals surface area (Å²) >= 11 is 6.01. The fraction of sp³-hybridized carbons (Fsp3) is 0.364. The Morgan fingerprint density at radius 3 is 2.56 bits per heavy atom. The molecule has 7 heteroatoms. The number of hydrogen-bond acceptors (Lipinski definition) is 5. The smallest absolute Gasteiger partial charge is 0.176 e. The van der Waals surface area contributed by atoms with Crippen molar-refractivity contribution in [1.82, 2.24) is 0 Å². The van der Waals surface area contributed by atoms with Gasteiger partial charge in [-0.2, -0.15) is 0 Å². The molecule has 18 heavy (non-hydrogen) atoms. The molecule has 0 fully saturated rings. The van der Waals surface area contributed by atoms with E-state index >= 15 is 0 Å². The van der Waals surface area contributed by atoms with Crippen LogP contribution in [-0.2, 0) is 14.7 Å². The zero-order valence-electron chi connectivity index (χ0n) is 10.2. The maximum absolute atomic E-state index is 11.6. The van der Waals surface area contributed by atoms with Crippen LogP contribution >= 0.6 is 11.6 Å². The van der Waals surface area contributed by atoms with Gasteiger partial charge in [0.2, 0.25) is 0 Å². The number of halogens is 1. The van der Waals surface area contributed by atoms with Crippen LogP contribution in [0.25, 0.3) is 0 Å². The van der Waals surface area contributed by atoms with Gasteiger partial charge >= 0.3 is 0 Å². The lowest BCUT2D eigenvalue weighted by Gasteiger charge is -2.08. The molecule has 1 aliphatic heterocycles. The van der Waals surface area contributed by atoms with Crippen molar-refractivity contribution in [2.24, 2.45) is 10.9 Å². The van der Waals surface area contributed by atoms with E-state index in [1.54, 1.807) is 12.1 Å². The molecule has 5 nitrogen and oxygen atoms in total. The van der Waals surface area contributed by atoms with E-state index in [0.29, 0.717) is 29.3 Å². The second-order valence-electron chi connectivity index (χ2n) is 3.51. The van der Waals surface area contributed by atoms with Gasteiger partial charge in [-0.05, 0) is 19.2 Å². The molecule has 0 unspecified atom stereocenters. The average molecular weight is 291 g/mol. The van der Waals surface area contributed by atoms with E-state index in [4.69, 9.17) is 16.4 Å². The van der Waals surface area contributed by atoms with Gasteiger partial charge in [-0.25, -0.2) is 8.42 Å². The Hall–Kier alpha value is -1.11. The van der Waals surface area contributed by atoms with Gasteiger partial charge in [-0.3, -0.25) is 0 Å².